The van der Waals surface area contributed by atoms with Crippen LogP contribution in [0.5, 0.6) is 0 Å². The van der Waals surface area contributed by atoms with Gasteiger partial charge in [0, 0.05) is 29.1 Å². The SMILES string of the molecule is CN(CC1CCCOC1)S(=O)(=O)c1c(N)cc(Br)cc1Br. The molecule has 1 aliphatic rings. The molecule has 21 heavy (non-hydrogen) atoms. The second-order valence-electron chi connectivity index (χ2n) is 5.17. The maximum Gasteiger partial charge on any atom is 0.246 e. The number of ether oxygens (including phenoxy) is 1. The minimum atomic E-state index is -3.63. The molecule has 1 saturated heterocycles. The molecule has 0 aromatic heterocycles. The number of hydrogen-bond acceptors (Lipinski definition) is 4. The number of benzene rings is 1. The molecule has 0 radical (unpaired) electrons. The van der Waals surface area contributed by atoms with Gasteiger partial charge in [-0.15, -0.1) is 0 Å². The minimum Gasteiger partial charge on any atom is -0.398 e. The summed E-state index contributed by atoms with van der Waals surface area (Å²) in [6.07, 6.45) is 1.96. The first-order valence-corrected chi connectivity index (χ1v) is 9.63. The summed E-state index contributed by atoms with van der Waals surface area (Å²) in [5, 5.41) is 0. The van der Waals surface area contributed by atoms with Gasteiger partial charge in [0.2, 0.25) is 10.0 Å². The predicted molar refractivity (Wildman–Crippen MR) is 89.6 cm³/mol. The van der Waals surface area contributed by atoms with Crippen molar-refractivity contribution in [1.82, 2.24) is 4.31 Å². The number of hydrogen-bond donors (Lipinski definition) is 1. The molecule has 1 heterocycles. The van der Waals surface area contributed by atoms with E-state index in [4.69, 9.17) is 10.5 Å². The van der Waals surface area contributed by atoms with Gasteiger partial charge in [0.15, 0.2) is 0 Å². The molecular weight excluding hydrogens is 424 g/mol. The van der Waals surface area contributed by atoms with E-state index in [9.17, 15) is 8.42 Å². The quantitative estimate of drug-likeness (QED) is 0.729. The maximum absolute atomic E-state index is 12.7. The molecule has 118 valence electrons. The van der Waals surface area contributed by atoms with Crippen molar-refractivity contribution < 1.29 is 13.2 Å². The van der Waals surface area contributed by atoms with Crippen LogP contribution in [-0.4, -0.2) is 39.5 Å². The Bertz CT molecular complexity index is 593. The molecule has 0 saturated carbocycles. The van der Waals surface area contributed by atoms with Crippen LogP contribution in [0.2, 0.25) is 0 Å². The van der Waals surface area contributed by atoms with Crippen LogP contribution in [0.15, 0.2) is 26.0 Å². The van der Waals surface area contributed by atoms with E-state index < -0.39 is 10.0 Å². The molecule has 0 spiro atoms. The fraction of sp³-hybridized carbons (Fsp3) is 0.538. The van der Waals surface area contributed by atoms with E-state index in [1.807, 2.05) is 0 Å². The molecule has 8 heteroatoms. The molecule has 5 nitrogen and oxygen atoms in total. The van der Waals surface area contributed by atoms with E-state index in [1.165, 1.54) is 4.31 Å². The van der Waals surface area contributed by atoms with Gasteiger partial charge in [0.25, 0.3) is 0 Å². The second-order valence-corrected chi connectivity index (χ2v) is 8.93. The van der Waals surface area contributed by atoms with Gasteiger partial charge in [-0.3, -0.25) is 0 Å². The zero-order valence-corrected chi connectivity index (χ0v) is 15.7. The van der Waals surface area contributed by atoms with Gasteiger partial charge in [-0.1, -0.05) is 15.9 Å². The first-order chi connectivity index (χ1) is 9.82. The van der Waals surface area contributed by atoms with Crippen molar-refractivity contribution in [3.63, 3.8) is 0 Å². The van der Waals surface area contributed by atoms with Crippen LogP contribution in [-0.2, 0) is 14.8 Å². The average Bonchev–Trinajstić information content (AvgIpc) is 2.38. The lowest BCUT2D eigenvalue weighted by Crippen LogP contribution is -2.35. The Morgan fingerprint density at radius 1 is 1.43 bits per heavy atom. The van der Waals surface area contributed by atoms with Crippen LogP contribution in [0.3, 0.4) is 0 Å². The monoisotopic (exact) mass is 440 g/mol. The summed E-state index contributed by atoms with van der Waals surface area (Å²) in [5.41, 5.74) is 6.11. The highest BCUT2D eigenvalue weighted by Crippen LogP contribution is 2.33. The summed E-state index contributed by atoms with van der Waals surface area (Å²) in [7, 11) is -2.05. The average molecular weight is 442 g/mol. The highest BCUT2D eigenvalue weighted by Gasteiger charge is 2.28. The van der Waals surface area contributed by atoms with Crippen molar-refractivity contribution in [2.24, 2.45) is 5.92 Å². The number of nitrogens with zero attached hydrogens (tertiary/aromatic N) is 1. The molecule has 1 aromatic rings. The molecule has 0 aliphatic carbocycles. The maximum atomic E-state index is 12.7. The van der Waals surface area contributed by atoms with Gasteiger partial charge in [-0.05, 0) is 46.8 Å². The molecule has 2 rings (SSSR count). The van der Waals surface area contributed by atoms with Gasteiger partial charge in [0.05, 0.1) is 12.3 Å². The molecule has 2 N–H and O–H groups in total. The van der Waals surface area contributed by atoms with E-state index in [2.05, 4.69) is 31.9 Å². The summed E-state index contributed by atoms with van der Waals surface area (Å²) in [4.78, 5) is 0.116. The second kappa shape index (κ2) is 6.95. The van der Waals surface area contributed by atoms with Crippen LogP contribution in [0.1, 0.15) is 12.8 Å². The van der Waals surface area contributed by atoms with E-state index in [0.717, 1.165) is 23.9 Å². The summed E-state index contributed by atoms with van der Waals surface area (Å²) in [5.74, 6) is 0.231. The van der Waals surface area contributed by atoms with Gasteiger partial charge < -0.3 is 10.5 Å². The van der Waals surface area contributed by atoms with Gasteiger partial charge >= 0.3 is 0 Å². The van der Waals surface area contributed by atoms with Crippen molar-refractivity contribution in [2.45, 2.75) is 17.7 Å². The number of nitrogen functional groups attached to an aromatic ring is 1. The normalized spacial score (nSPS) is 19.9. The molecule has 0 bridgehead atoms. The van der Waals surface area contributed by atoms with Gasteiger partial charge in [-0.25, -0.2) is 12.7 Å². The molecule has 1 aliphatic heterocycles. The first kappa shape index (κ1) is 17.2. The van der Waals surface area contributed by atoms with Crippen LogP contribution in [0, 0.1) is 5.92 Å². The largest absolute Gasteiger partial charge is 0.398 e. The Balaban J connectivity index is 2.24. The van der Waals surface area contributed by atoms with E-state index in [0.29, 0.717) is 17.6 Å². The van der Waals surface area contributed by atoms with Crippen LogP contribution < -0.4 is 5.73 Å². The third-order valence-electron chi connectivity index (χ3n) is 3.48. The minimum absolute atomic E-state index is 0.116. The molecule has 1 aromatic carbocycles. The lowest BCUT2D eigenvalue weighted by atomic mass is 10.0. The number of sulfonamides is 1. The third kappa shape index (κ3) is 3.98. The van der Waals surface area contributed by atoms with Crippen LogP contribution >= 0.6 is 31.9 Å². The Labute approximate surface area is 142 Å². The Morgan fingerprint density at radius 2 is 2.14 bits per heavy atom. The molecule has 1 atom stereocenters. The highest BCUT2D eigenvalue weighted by molar-refractivity contribution is 9.11. The zero-order chi connectivity index (χ0) is 15.6. The van der Waals surface area contributed by atoms with Crippen molar-refractivity contribution in [3.8, 4) is 0 Å². The lowest BCUT2D eigenvalue weighted by Gasteiger charge is -2.27. The van der Waals surface area contributed by atoms with Crippen molar-refractivity contribution >= 4 is 47.6 Å². The van der Waals surface area contributed by atoms with E-state index in [-0.39, 0.29) is 16.5 Å². The van der Waals surface area contributed by atoms with Gasteiger partial charge in [-0.2, -0.15) is 0 Å². The number of anilines is 1. The summed E-state index contributed by atoms with van der Waals surface area (Å²) < 4.78 is 33.4. The summed E-state index contributed by atoms with van der Waals surface area (Å²) in [6.45, 7) is 1.80. The Morgan fingerprint density at radius 3 is 2.71 bits per heavy atom. The van der Waals surface area contributed by atoms with E-state index >= 15 is 0 Å². The lowest BCUT2D eigenvalue weighted by molar-refractivity contribution is 0.0495. The number of nitrogens with two attached hydrogens (primary N) is 1. The van der Waals surface area contributed by atoms with Crippen molar-refractivity contribution in [1.29, 1.82) is 0 Å². The van der Waals surface area contributed by atoms with Crippen molar-refractivity contribution in [2.75, 3.05) is 32.5 Å². The molecular formula is C13H18Br2N2O3S. The molecule has 0 amide bonds. The smallest absolute Gasteiger partial charge is 0.246 e. The fourth-order valence-electron chi connectivity index (χ4n) is 2.42. The van der Waals surface area contributed by atoms with Gasteiger partial charge in [0.1, 0.15) is 4.90 Å². The third-order valence-corrected chi connectivity index (χ3v) is 6.76. The van der Waals surface area contributed by atoms with Crippen molar-refractivity contribution in [3.05, 3.63) is 21.1 Å². The van der Waals surface area contributed by atoms with Crippen LogP contribution in [0.4, 0.5) is 5.69 Å². The predicted octanol–water partition coefficient (Wildman–Crippen LogP) is 2.84. The zero-order valence-electron chi connectivity index (χ0n) is 11.7. The summed E-state index contributed by atoms with van der Waals surface area (Å²) >= 11 is 6.58. The van der Waals surface area contributed by atoms with E-state index in [1.54, 1.807) is 19.2 Å². The Hall–Kier alpha value is -0.150. The topological polar surface area (TPSA) is 72.6 Å². The Kier molecular flexibility index (Phi) is 5.70. The highest BCUT2D eigenvalue weighted by atomic mass is 79.9. The standard InChI is InChI=1S/C13H18Br2N2O3S/c1-17(7-9-3-2-4-20-8-9)21(18,19)13-11(15)5-10(14)6-12(13)16/h5-6,9H,2-4,7-8,16H2,1H3. The number of halogens is 2. The first-order valence-electron chi connectivity index (χ1n) is 6.61. The molecule has 1 fully saturated rings. The number of rotatable bonds is 4. The van der Waals surface area contributed by atoms with Crippen LogP contribution in [0.25, 0.3) is 0 Å². The fourth-order valence-corrected chi connectivity index (χ4v) is 5.67. The molecule has 1 unspecified atom stereocenters. The summed E-state index contributed by atoms with van der Waals surface area (Å²) in [6, 6.07) is 3.27.